The number of hydrogen-bond donors (Lipinski definition) is 3. The van der Waals surface area contributed by atoms with E-state index in [0.717, 1.165) is 17.6 Å². The van der Waals surface area contributed by atoms with E-state index in [-0.39, 0.29) is 5.91 Å². The Kier molecular flexibility index (Phi) is 7.02. The van der Waals surface area contributed by atoms with Crippen molar-refractivity contribution >= 4 is 17.8 Å². The highest BCUT2D eigenvalue weighted by molar-refractivity contribution is 5.87. The average Bonchev–Trinajstić information content (AvgIpc) is 2.60. The number of rotatable bonds is 5. The average molecular weight is 350 g/mol. The number of carbonyl (C=O) groups excluding carboxylic acids is 2. The Morgan fingerprint density at radius 2 is 1.56 bits per heavy atom. The molecule has 0 heterocycles. The summed E-state index contributed by atoms with van der Waals surface area (Å²) in [7, 11) is 0. The Morgan fingerprint density at radius 1 is 0.960 bits per heavy atom. The molecule has 0 bridgehead atoms. The molecule has 2 aliphatic carbocycles. The summed E-state index contributed by atoms with van der Waals surface area (Å²) in [6.45, 7) is 3.84. The van der Waals surface area contributed by atoms with Gasteiger partial charge in [-0.25, -0.2) is 0 Å². The Hall–Kier alpha value is -1.85. The van der Waals surface area contributed by atoms with Gasteiger partial charge in [0.1, 0.15) is 0 Å². The van der Waals surface area contributed by atoms with Crippen LogP contribution in [0.25, 0.3) is 0 Å². The number of carboxylic acid groups (broad SMARTS) is 1. The molecule has 0 aromatic rings. The zero-order chi connectivity index (χ0) is 18.4. The number of amides is 2. The Balaban J connectivity index is 1.79. The number of hydrazine groups is 1. The lowest BCUT2D eigenvalue weighted by Crippen LogP contribution is -2.48. The second-order valence-electron chi connectivity index (χ2n) is 7.60. The quantitative estimate of drug-likeness (QED) is 0.525. The van der Waals surface area contributed by atoms with E-state index in [9.17, 15) is 19.5 Å². The van der Waals surface area contributed by atoms with Crippen molar-refractivity contribution in [3.63, 3.8) is 0 Å². The molecule has 25 heavy (non-hydrogen) atoms. The minimum atomic E-state index is -0.962. The van der Waals surface area contributed by atoms with E-state index < -0.39 is 23.7 Å². The molecule has 2 rings (SSSR count). The summed E-state index contributed by atoms with van der Waals surface area (Å²) in [6, 6.07) is 0. The summed E-state index contributed by atoms with van der Waals surface area (Å²) in [5.74, 6) is -2.34. The number of carboxylic acids is 1. The Labute approximate surface area is 149 Å². The first-order chi connectivity index (χ1) is 11.9. The summed E-state index contributed by atoms with van der Waals surface area (Å²) in [5.41, 5.74) is 6.98. The highest BCUT2D eigenvalue weighted by atomic mass is 16.4. The molecule has 2 aliphatic rings. The predicted molar refractivity (Wildman–Crippen MR) is 94.3 cm³/mol. The van der Waals surface area contributed by atoms with Crippen LogP contribution in [-0.4, -0.2) is 22.9 Å². The van der Waals surface area contributed by atoms with Crippen LogP contribution in [0.1, 0.15) is 71.6 Å². The van der Waals surface area contributed by atoms with Crippen molar-refractivity contribution in [3.8, 4) is 0 Å². The van der Waals surface area contributed by atoms with Gasteiger partial charge in [0.15, 0.2) is 0 Å². The maximum Gasteiger partial charge on any atom is 0.307 e. The number of carbonyl (C=O) groups is 3. The second-order valence-corrected chi connectivity index (χ2v) is 7.60. The van der Waals surface area contributed by atoms with Crippen molar-refractivity contribution in [1.82, 2.24) is 10.9 Å². The standard InChI is InChI=1S/C19H30N2O4/c1-12-10-15(16(19(24)25)11-13(12)2)18(23)21-20-17(22)9-8-14-6-4-3-5-7-14/h14-16H,3-11H2,1-2H3,(H,20,22)(H,21,23)(H,24,25)/t15-,16-/m1/s1. The minimum absolute atomic E-state index is 0.204. The molecule has 0 spiro atoms. The highest BCUT2D eigenvalue weighted by Crippen LogP contribution is 2.34. The molecule has 2 atom stereocenters. The van der Waals surface area contributed by atoms with Gasteiger partial charge in [0.2, 0.25) is 11.8 Å². The molecule has 0 aromatic heterocycles. The molecule has 0 aliphatic heterocycles. The van der Waals surface area contributed by atoms with Crippen LogP contribution in [0.5, 0.6) is 0 Å². The summed E-state index contributed by atoms with van der Waals surface area (Å²) in [5, 5.41) is 9.38. The van der Waals surface area contributed by atoms with Gasteiger partial charge in [-0.05, 0) is 39.0 Å². The third-order valence-electron chi connectivity index (χ3n) is 5.75. The smallest absolute Gasteiger partial charge is 0.307 e. The highest BCUT2D eigenvalue weighted by Gasteiger charge is 2.37. The van der Waals surface area contributed by atoms with E-state index in [4.69, 9.17) is 0 Å². The first kappa shape index (κ1) is 19.5. The van der Waals surface area contributed by atoms with E-state index in [1.54, 1.807) is 0 Å². The third kappa shape index (κ3) is 5.58. The summed E-state index contributed by atoms with van der Waals surface area (Å²) in [4.78, 5) is 35.8. The molecule has 6 heteroatoms. The van der Waals surface area contributed by atoms with Gasteiger partial charge in [-0.15, -0.1) is 0 Å². The maximum atomic E-state index is 12.4. The van der Waals surface area contributed by atoms with Gasteiger partial charge in [0.05, 0.1) is 11.8 Å². The molecule has 0 aromatic carbocycles. The van der Waals surface area contributed by atoms with Gasteiger partial charge in [0.25, 0.3) is 0 Å². The molecule has 0 saturated heterocycles. The topological polar surface area (TPSA) is 95.5 Å². The van der Waals surface area contributed by atoms with E-state index in [2.05, 4.69) is 10.9 Å². The fraction of sp³-hybridized carbons (Fsp3) is 0.737. The van der Waals surface area contributed by atoms with Crippen LogP contribution in [0.15, 0.2) is 11.1 Å². The van der Waals surface area contributed by atoms with Crippen LogP contribution in [-0.2, 0) is 14.4 Å². The van der Waals surface area contributed by atoms with Crippen molar-refractivity contribution in [2.24, 2.45) is 17.8 Å². The van der Waals surface area contributed by atoms with Crippen molar-refractivity contribution in [2.45, 2.75) is 71.6 Å². The number of aliphatic carboxylic acids is 1. The monoisotopic (exact) mass is 350 g/mol. The minimum Gasteiger partial charge on any atom is -0.481 e. The zero-order valence-electron chi connectivity index (χ0n) is 15.3. The molecule has 1 saturated carbocycles. The lowest BCUT2D eigenvalue weighted by molar-refractivity contribution is -0.148. The maximum absolute atomic E-state index is 12.4. The molecule has 0 unspecified atom stereocenters. The Bertz CT molecular complexity index is 550. The fourth-order valence-corrected chi connectivity index (χ4v) is 3.93. The van der Waals surface area contributed by atoms with Crippen LogP contribution >= 0.6 is 0 Å². The molecule has 0 radical (unpaired) electrons. The number of nitrogens with one attached hydrogen (secondary N) is 2. The van der Waals surface area contributed by atoms with Crippen LogP contribution in [0.3, 0.4) is 0 Å². The number of allylic oxidation sites excluding steroid dienone is 2. The molecule has 1 fully saturated rings. The fourth-order valence-electron chi connectivity index (χ4n) is 3.93. The molecular formula is C19H30N2O4. The first-order valence-corrected chi connectivity index (χ1v) is 9.35. The van der Waals surface area contributed by atoms with E-state index in [1.165, 1.54) is 32.1 Å². The van der Waals surface area contributed by atoms with Gasteiger partial charge in [-0.3, -0.25) is 25.2 Å². The van der Waals surface area contributed by atoms with Crippen molar-refractivity contribution < 1.29 is 19.5 Å². The largest absolute Gasteiger partial charge is 0.481 e. The van der Waals surface area contributed by atoms with Crippen LogP contribution in [0.2, 0.25) is 0 Å². The SMILES string of the molecule is CC1=C(C)C[C@@H](C(=O)NNC(=O)CCC2CCCCC2)[C@H](C(=O)O)C1. The molecule has 2 amide bonds. The van der Waals surface area contributed by atoms with Gasteiger partial charge in [-0.2, -0.15) is 0 Å². The molecule has 6 nitrogen and oxygen atoms in total. The Morgan fingerprint density at radius 3 is 2.16 bits per heavy atom. The van der Waals surface area contributed by atoms with E-state index >= 15 is 0 Å². The molecule has 3 N–H and O–H groups in total. The van der Waals surface area contributed by atoms with Crippen LogP contribution in [0, 0.1) is 17.8 Å². The van der Waals surface area contributed by atoms with Crippen molar-refractivity contribution in [2.75, 3.05) is 0 Å². The normalized spacial score (nSPS) is 24.7. The number of hydrogen-bond acceptors (Lipinski definition) is 3. The lowest BCUT2D eigenvalue weighted by Gasteiger charge is -2.29. The predicted octanol–water partition coefficient (Wildman–Crippen LogP) is 2.94. The second kappa shape index (κ2) is 9.02. The van der Waals surface area contributed by atoms with Gasteiger partial charge < -0.3 is 5.11 Å². The van der Waals surface area contributed by atoms with Crippen molar-refractivity contribution in [1.29, 1.82) is 0 Å². The first-order valence-electron chi connectivity index (χ1n) is 9.35. The van der Waals surface area contributed by atoms with Crippen molar-refractivity contribution in [3.05, 3.63) is 11.1 Å². The van der Waals surface area contributed by atoms with Crippen LogP contribution < -0.4 is 10.9 Å². The van der Waals surface area contributed by atoms with Gasteiger partial charge in [-0.1, -0.05) is 43.3 Å². The zero-order valence-corrected chi connectivity index (χ0v) is 15.3. The summed E-state index contributed by atoms with van der Waals surface area (Å²) < 4.78 is 0. The third-order valence-corrected chi connectivity index (χ3v) is 5.75. The summed E-state index contributed by atoms with van der Waals surface area (Å²) >= 11 is 0. The van der Waals surface area contributed by atoms with Gasteiger partial charge >= 0.3 is 5.97 Å². The molecular weight excluding hydrogens is 320 g/mol. The van der Waals surface area contributed by atoms with E-state index in [1.807, 2.05) is 13.8 Å². The van der Waals surface area contributed by atoms with E-state index in [0.29, 0.717) is 25.2 Å². The molecule has 140 valence electrons. The lowest BCUT2D eigenvalue weighted by atomic mass is 9.76. The summed E-state index contributed by atoms with van der Waals surface area (Å²) in [6.07, 6.45) is 8.21. The van der Waals surface area contributed by atoms with Crippen LogP contribution in [0.4, 0.5) is 0 Å². The van der Waals surface area contributed by atoms with Gasteiger partial charge in [0, 0.05) is 6.42 Å².